The van der Waals surface area contributed by atoms with Crippen LogP contribution in [0.25, 0.3) is 0 Å². The van der Waals surface area contributed by atoms with Crippen molar-refractivity contribution < 1.29 is 9.47 Å². The van der Waals surface area contributed by atoms with E-state index in [-0.39, 0.29) is 0 Å². The van der Waals surface area contributed by atoms with Gasteiger partial charge in [0.1, 0.15) is 12.4 Å². The molecule has 0 bridgehead atoms. The molecule has 0 fully saturated rings. The van der Waals surface area contributed by atoms with Crippen LogP contribution in [0, 0.1) is 0 Å². The molecule has 0 spiro atoms. The standard InChI is InChI=1S/C13H24N4O2/c1-3-4-5-6-7-8-19-13-9-11(17-14)15-12(16-13)10-18-2/h9H,3-8,10,14H2,1-2H3,(H,15,16,17). The maximum absolute atomic E-state index is 5.61. The molecule has 1 aromatic heterocycles. The minimum absolute atomic E-state index is 0.336. The summed E-state index contributed by atoms with van der Waals surface area (Å²) in [5, 5.41) is 0. The van der Waals surface area contributed by atoms with E-state index in [2.05, 4.69) is 22.3 Å². The third-order valence-electron chi connectivity index (χ3n) is 2.67. The number of nitrogen functional groups attached to an aromatic ring is 1. The number of nitrogens with zero attached hydrogens (tertiary/aromatic N) is 2. The highest BCUT2D eigenvalue weighted by atomic mass is 16.5. The molecule has 0 amide bonds. The lowest BCUT2D eigenvalue weighted by Gasteiger charge is -2.08. The number of hydrogen-bond donors (Lipinski definition) is 2. The van der Waals surface area contributed by atoms with E-state index in [1.165, 1.54) is 25.7 Å². The van der Waals surface area contributed by atoms with Crippen molar-refractivity contribution in [2.75, 3.05) is 19.1 Å². The highest BCUT2D eigenvalue weighted by Gasteiger charge is 2.04. The molecule has 6 nitrogen and oxygen atoms in total. The molecule has 0 aromatic carbocycles. The number of hydrogen-bond acceptors (Lipinski definition) is 6. The topological polar surface area (TPSA) is 82.3 Å². The molecule has 108 valence electrons. The number of aromatic nitrogens is 2. The first-order valence-corrected chi connectivity index (χ1v) is 6.76. The van der Waals surface area contributed by atoms with Crippen molar-refractivity contribution in [3.63, 3.8) is 0 Å². The van der Waals surface area contributed by atoms with Crippen LogP contribution >= 0.6 is 0 Å². The Hall–Kier alpha value is -1.40. The number of rotatable bonds is 10. The fraction of sp³-hybridized carbons (Fsp3) is 0.692. The maximum atomic E-state index is 5.61. The van der Waals surface area contributed by atoms with E-state index in [4.69, 9.17) is 15.3 Å². The van der Waals surface area contributed by atoms with Crippen LogP contribution in [0.4, 0.5) is 5.82 Å². The van der Waals surface area contributed by atoms with Crippen LogP contribution < -0.4 is 16.0 Å². The van der Waals surface area contributed by atoms with Gasteiger partial charge in [0, 0.05) is 13.2 Å². The van der Waals surface area contributed by atoms with E-state index in [0.717, 1.165) is 6.42 Å². The Balaban J connectivity index is 2.41. The Labute approximate surface area is 114 Å². The molecule has 0 radical (unpaired) electrons. The second kappa shape index (κ2) is 9.52. The first-order chi connectivity index (χ1) is 9.30. The summed E-state index contributed by atoms with van der Waals surface area (Å²) in [6, 6.07) is 1.69. The molecule has 0 aliphatic heterocycles. The molecular weight excluding hydrogens is 244 g/mol. The quantitative estimate of drug-likeness (QED) is 0.385. The van der Waals surface area contributed by atoms with Crippen molar-refractivity contribution in [2.45, 2.75) is 45.6 Å². The Morgan fingerprint density at radius 1 is 1.21 bits per heavy atom. The Bertz CT molecular complexity index is 360. The molecule has 19 heavy (non-hydrogen) atoms. The summed E-state index contributed by atoms with van der Waals surface area (Å²) in [7, 11) is 1.60. The smallest absolute Gasteiger partial charge is 0.218 e. The van der Waals surface area contributed by atoms with Crippen molar-refractivity contribution in [3.8, 4) is 5.88 Å². The van der Waals surface area contributed by atoms with Gasteiger partial charge in [0.05, 0.1) is 6.61 Å². The zero-order valence-electron chi connectivity index (χ0n) is 11.8. The normalized spacial score (nSPS) is 10.5. The van der Waals surface area contributed by atoms with Gasteiger partial charge < -0.3 is 14.9 Å². The molecule has 0 aliphatic carbocycles. The average molecular weight is 268 g/mol. The fourth-order valence-electron chi connectivity index (χ4n) is 1.70. The summed E-state index contributed by atoms with van der Waals surface area (Å²) in [6.45, 7) is 3.20. The van der Waals surface area contributed by atoms with Crippen molar-refractivity contribution in [2.24, 2.45) is 5.84 Å². The molecule has 1 aromatic rings. The van der Waals surface area contributed by atoms with E-state index in [0.29, 0.717) is 30.7 Å². The number of nitrogens with two attached hydrogens (primary N) is 1. The van der Waals surface area contributed by atoms with Crippen molar-refractivity contribution in [3.05, 3.63) is 11.9 Å². The maximum Gasteiger partial charge on any atom is 0.218 e. The molecule has 3 N–H and O–H groups in total. The summed E-state index contributed by atoms with van der Waals surface area (Å²) in [5.41, 5.74) is 2.50. The van der Waals surface area contributed by atoms with Gasteiger partial charge in [-0.15, -0.1) is 0 Å². The fourth-order valence-corrected chi connectivity index (χ4v) is 1.70. The van der Waals surface area contributed by atoms with Gasteiger partial charge in [-0.2, -0.15) is 4.98 Å². The number of unbranched alkanes of at least 4 members (excludes halogenated alkanes) is 4. The summed E-state index contributed by atoms with van der Waals surface area (Å²) >= 11 is 0. The monoisotopic (exact) mass is 268 g/mol. The van der Waals surface area contributed by atoms with Crippen LogP contribution in [-0.2, 0) is 11.3 Å². The summed E-state index contributed by atoms with van der Waals surface area (Å²) in [5.74, 6) is 6.97. The van der Waals surface area contributed by atoms with Gasteiger partial charge in [-0.3, -0.25) is 0 Å². The van der Waals surface area contributed by atoms with E-state index in [1.54, 1.807) is 13.2 Å². The molecule has 6 heteroatoms. The predicted octanol–water partition coefficient (Wildman–Crippen LogP) is 2.26. The molecule has 1 heterocycles. The zero-order chi connectivity index (χ0) is 13.9. The van der Waals surface area contributed by atoms with E-state index < -0.39 is 0 Å². The van der Waals surface area contributed by atoms with Gasteiger partial charge >= 0.3 is 0 Å². The van der Waals surface area contributed by atoms with Gasteiger partial charge in [0.25, 0.3) is 0 Å². The van der Waals surface area contributed by atoms with Gasteiger partial charge in [-0.05, 0) is 6.42 Å². The number of anilines is 1. The highest BCUT2D eigenvalue weighted by Crippen LogP contribution is 2.14. The minimum atomic E-state index is 0.336. The first kappa shape index (κ1) is 15.7. The van der Waals surface area contributed by atoms with Crippen LogP contribution in [0.1, 0.15) is 44.9 Å². The molecular formula is C13H24N4O2. The average Bonchev–Trinajstić information content (AvgIpc) is 2.43. The van der Waals surface area contributed by atoms with Crippen molar-refractivity contribution in [1.29, 1.82) is 0 Å². The first-order valence-electron chi connectivity index (χ1n) is 6.76. The second-order valence-corrected chi connectivity index (χ2v) is 4.35. The largest absolute Gasteiger partial charge is 0.478 e. The summed E-state index contributed by atoms with van der Waals surface area (Å²) in [6.07, 6.45) is 6.01. The second-order valence-electron chi connectivity index (χ2n) is 4.35. The third kappa shape index (κ3) is 6.35. The predicted molar refractivity (Wildman–Crippen MR) is 74.8 cm³/mol. The number of hydrazine groups is 1. The SMILES string of the molecule is CCCCCCCOc1cc(NN)nc(COC)n1. The van der Waals surface area contributed by atoms with Gasteiger partial charge in [-0.1, -0.05) is 32.6 Å². The number of ether oxygens (including phenoxy) is 2. The lowest BCUT2D eigenvalue weighted by atomic mass is 10.2. The third-order valence-corrected chi connectivity index (χ3v) is 2.67. The van der Waals surface area contributed by atoms with Gasteiger partial charge in [0.15, 0.2) is 5.82 Å². The Kier molecular flexibility index (Phi) is 7.84. The van der Waals surface area contributed by atoms with Crippen molar-refractivity contribution in [1.82, 2.24) is 9.97 Å². The summed E-state index contributed by atoms with van der Waals surface area (Å²) in [4.78, 5) is 8.41. The molecule has 0 saturated carbocycles. The Morgan fingerprint density at radius 3 is 2.68 bits per heavy atom. The lowest BCUT2D eigenvalue weighted by Crippen LogP contribution is -2.12. The van der Waals surface area contributed by atoms with Gasteiger partial charge in [-0.25, -0.2) is 10.8 Å². The summed E-state index contributed by atoms with van der Waals surface area (Å²) < 4.78 is 10.6. The van der Waals surface area contributed by atoms with Crippen molar-refractivity contribution >= 4 is 5.82 Å². The molecule has 0 aliphatic rings. The Morgan fingerprint density at radius 2 is 2.00 bits per heavy atom. The van der Waals surface area contributed by atoms with E-state index >= 15 is 0 Å². The minimum Gasteiger partial charge on any atom is -0.478 e. The van der Waals surface area contributed by atoms with Crippen LogP contribution in [0.3, 0.4) is 0 Å². The highest BCUT2D eigenvalue weighted by molar-refractivity contribution is 5.36. The van der Waals surface area contributed by atoms with Crippen LogP contribution in [0.5, 0.6) is 5.88 Å². The molecule has 0 unspecified atom stereocenters. The molecule has 0 atom stereocenters. The van der Waals surface area contributed by atoms with Crippen LogP contribution in [0.15, 0.2) is 6.07 Å². The number of methoxy groups -OCH3 is 1. The molecule has 0 saturated heterocycles. The van der Waals surface area contributed by atoms with Gasteiger partial charge in [0.2, 0.25) is 5.88 Å². The zero-order valence-corrected chi connectivity index (χ0v) is 11.8. The number of nitrogens with one attached hydrogen (secondary N) is 1. The van der Waals surface area contributed by atoms with E-state index in [9.17, 15) is 0 Å². The molecule has 1 rings (SSSR count). The van der Waals surface area contributed by atoms with Crippen LogP contribution in [-0.4, -0.2) is 23.7 Å². The van der Waals surface area contributed by atoms with Crippen LogP contribution in [0.2, 0.25) is 0 Å². The van der Waals surface area contributed by atoms with E-state index in [1.807, 2.05) is 0 Å². The lowest BCUT2D eigenvalue weighted by molar-refractivity contribution is 0.176.